The van der Waals surface area contributed by atoms with E-state index in [1.807, 2.05) is 0 Å². The molecular formula is C35H43BrF3N5O4Si2. The van der Waals surface area contributed by atoms with Gasteiger partial charge in [0, 0.05) is 65.9 Å². The Balaban J connectivity index is 0.000000244. The average Bonchev–Trinajstić information content (AvgIpc) is 3.03. The zero-order valence-corrected chi connectivity index (χ0v) is 33.0. The second kappa shape index (κ2) is 16.2. The molecule has 9 nitrogen and oxygen atoms in total. The zero-order chi connectivity index (χ0) is 36.9. The van der Waals surface area contributed by atoms with Crippen LogP contribution < -0.4 is 11.1 Å². The smallest absolute Gasteiger partial charge is 0.361 e. The molecule has 5 aromatic rings. The van der Waals surface area contributed by atoms with Gasteiger partial charge in [-0.1, -0.05) is 39.3 Å². The number of ether oxygens (including phenoxy) is 2. The van der Waals surface area contributed by atoms with E-state index in [2.05, 4.69) is 70.2 Å². The van der Waals surface area contributed by atoms with Gasteiger partial charge in [-0.05, 0) is 70.8 Å². The molecule has 0 spiro atoms. The van der Waals surface area contributed by atoms with E-state index in [4.69, 9.17) is 9.47 Å². The van der Waals surface area contributed by atoms with Crippen LogP contribution in [0.4, 0.5) is 13.2 Å². The minimum atomic E-state index is -4.47. The van der Waals surface area contributed by atoms with Crippen LogP contribution in [0, 0.1) is 6.92 Å². The highest BCUT2D eigenvalue weighted by Crippen LogP contribution is 2.33. The Morgan fingerprint density at radius 3 is 1.78 bits per heavy atom. The van der Waals surface area contributed by atoms with Crippen molar-refractivity contribution in [3.05, 3.63) is 97.6 Å². The molecule has 0 aliphatic rings. The second-order valence-corrected chi connectivity index (χ2v) is 26.5. The van der Waals surface area contributed by atoms with Crippen molar-refractivity contribution in [2.45, 2.75) is 77.9 Å². The van der Waals surface area contributed by atoms with Gasteiger partial charge < -0.3 is 9.47 Å². The van der Waals surface area contributed by atoms with E-state index in [1.54, 1.807) is 47.4 Å². The van der Waals surface area contributed by atoms with Gasteiger partial charge in [-0.15, -0.1) is 0 Å². The number of aryl methyl sites for hydroxylation is 1. The maximum atomic E-state index is 13.1. The van der Waals surface area contributed by atoms with Crippen LogP contribution in [-0.2, 0) is 29.1 Å². The summed E-state index contributed by atoms with van der Waals surface area (Å²) < 4.78 is 54.4. The van der Waals surface area contributed by atoms with Crippen molar-refractivity contribution in [1.82, 2.24) is 24.1 Å². The number of pyridine rings is 5. The van der Waals surface area contributed by atoms with Crippen molar-refractivity contribution in [3.8, 4) is 11.3 Å². The summed E-state index contributed by atoms with van der Waals surface area (Å²) >= 11 is 3.45. The molecule has 0 amide bonds. The van der Waals surface area contributed by atoms with Crippen molar-refractivity contribution < 1.29 is 22.6 Å². The summed E-state index contributed by atoms with van der Waals surface area (Å²) in [6.45, 7) is 16.6. The fourth-order valence-electron chi connectivity index (χ4n) is 4.86. The maximum absolute atomic E-state index is 13.1. The molecule has 0 unspecified atom stereocenters. The SMILES string of the molecule is C[Si](C)(C)CCOCn1cc(Br)c2ncccc2c1=O.Cc1cc(-c2cn(COCC[Si](C)(C)C)c(=O)c3cccnc23)ncc1C(F)(F)F. The third kappa shape index (κ3) is 10.5. The first-order chi connectivity index (χ1) is 23.4. The van der Waals surface area contributed by atoms with Crippen molar-refractivity contribution >= 4 is 53.9 Å². The number of nitrogens with zero attached hydrogens (tertiary/aromatic N) is 5. The lowest BCUT2D eigenvalue weighted by molar-refractivity contribution is -0.138. The molecule has 268 valence electrons. The van der Waals surface area contributed by atoms with E-state index in [0.29, 0.717) is 46.3 Å². The van der Waals surface area contributed by atoms with Crippen LogP contribution in [-0.4, -0.2) is 53.4 Å². The highest BCUT2D eigenvalue weighted by molar-refractivity contribution is 9.10. The summed E-state index contributed by atoms with van der Waals surface area (Å²) in [6.07, 6.45) is 2.87. The van der Waals surface area contributed by atoms with Gasteiger partial charge in [0.2, 0.25) is 0 Å². The number of alkyl halides is 3. The van der Waals surface area contributed by atoms with Crippen LogP contribution in [0.25, 0.3) is 33.1 Å². The van der Waals surface area contributed by atoms with E-state index in [9.17, 15) is 22.8 Å². The van der Waals surface area contributed by atoms with E-state index < -0.39 is 27.9 Å². The van der Waals surface area contributed by atoms with E-state index in [-0.39, 0.29) is 30.1 Å². The third-order valence-corrected chi connectivity index (χ3v) is 11.8. The summed E-state index contributed by atoms with van der Waals surface area (Å²) in [5, 5.41) is 0.971. The molecule has 0 radical (unpaired) electrons. The first-order valence-corrected chi connectivity index (χ1v) is 24.4. The number of hydrogen-bond donors (Lipinski definition) is 0. The van der Waals surface area contributed by atoms with Crippen LogP contribution in [0.3, 0.4) is 0 Å². The lowest BCUT2D eigenvalue weighted by Crippen LogP contribution is -2.25. The third-order valence-electron chi connectivity index (χ3n) is 7.78. The molecule has 0 N–H and O–H groups in total. The van der Waals surface area contributed by atoms with Crippen LogP contribution >= 0.6 is 15.9 Å². The molecule has 0 bridgehead atoms. The molecule has 0 saturated carbocycles. The average molecular weight is 791 g/mol. The summed E-state index contributed by atoms with van der Waals surface area (Å²) in [4.78, 5) is 37.7. The lowest BCUT2D eigenvalue weighted by atomic mass is 10.1. The minimum absolute atomic E-state index is 0.0562. The van der Waals surface area contributed by atoms with E-state index in [1.165, 1.54) is 23.8 Å². The van der Waals surface area contributed by atoms with E-state index >= 15 is 0 Å². The Morgan fingerprint density at radius 1 is 0.780 bits per heavy atom. The largest absolute Gasteiger partial charge is 0.418 e. The molecule has 50 heavy (non-hydrogen) atoms. The van der Waals surface area contributed by atoms with Crippen molar-refractivity contribution in [3.63, 3.8) is 0 Å². The molecule has 0 aliphatic carbocycles. The first-order valence-electron chi connectivity index (χ1n) is 16.2. The van der Waals surface area contributed by atoms with Gasteiger partial charge in [0.1, 0.15) is 13.5 Å². The van der Waals surface area contributed by atoms with Gasteiger partial charge in [-0.25, -0.2) is 0 Å². The molecule has 0 atom stereocenters. The van der Waals surface area contributed by atoms with Crippen molar-refractivity contribution in [2.24, 2.45) is 0 Å². The maximum Gasteiger partial charge on any atom is 0.418 e. The highest BCUT2D eigenvalue weighted by atomic mass is 79.9. The van der Waals surface area contributed by atoms with Crippen molar-refractivity contribution in [2.75, 3.05) is 13.2 Å². The van der Waals surface area contributed by atoms with Crippen LogP contribution in [0.15, 0.2) is 75.4 Å². The topological polar surface area (TPSA) is 101 Å². The van der Waals surface area contributed by atoms with Gasteiger partial charge in [-0.3, -0.25) is 33.7 Å². The quantitative estimate of drug-likeness (QED) is 0.0977. The number of hydrogen-bond acceptors (Lipinski definition) is 7. The predicted octanol–water partition coefficient (Wildman–Crippen LogP) is 8.57. The summed E-state index contributed by atoms with van der Waals surface area (Å²) in [7, 11) is -2.36. The second-order valence-electron chi connectivity index (χ2n) is 14.4. The summed E-state index contributed by atoms with van der Waals surface area (Å²) in [5.74, 6) is 0. The van der Waals surface area contributed by atoms with Crippen LogP contribution in [0.2, 0.25) is 51.4 Å². The normalized spacial score (nSPS) is 12.3. The molecule has 0 saturated heterocycles. The van der Waals surface area contributed by atoms with Gasteiger partial charge in [0.15, 0.2) is 0 Å². The first kappa shape index (κ1) is 39.3. The van der Waals surface area contributed by atoms with Crippen LogP contribution in [0.1, 0.15) is 11.1 Å². The van der Waals surface area contributed by atoms with Gasteiger partial charge in [0.05, 0.1) is 37.5 Å². The monoisotopic (exact) mass is 789 g/mol. The Morgan fingerprint density at radius 2 is 1.28 bits per heavy atom. The number of aromatic nitrogens is 5. The Hall–Kier alpha value is -3.51. The Kier molecular flexibility index (Phi) is 12.8. The summed E-state index contributed by atoms with van der Waals surface area (Å²) in [6, 6.07) is 10.3. The van der Waals surface area contributed by atoms with Gasteiger partial charge in [-0.2, -0.15) is 13.2 Å². The molecule has 15 heteroatoms. The van der Waals surface area contributed by atoms with E-state index in [0.717, 1.165) is 22.8 Å². The zero-order valence-electron chi connectivity index (χ0n) is 29.4. The molecule has 5 aromatic heterocycles. The molecular weight excluding hydrogens is 747 g/mol. The predicted molar refractivity (Wildman–Crippen MR) is 201 cm³/mol. The molecule has 5 rings (SSSR count). The number of halogens is 4. The number of fused-ring (bicyclic) bond motifs is 2. The molecule has 0 fully saturated rings. The van der Waals surface area contributed by atoms with Gasteiger partial charge in [0.25, 0.3) is 11.1 Å². The fraction of sp³-hybridized carbons (Fsp3) is 0.400. The fourth-order valence-corrected chi connectivity index (χ4v) is 6.94. The van der Waals surface area contributed by atoms with Gasteiger partial charge >= 0.3 is 6.18 Å². The molecule has 0 aromatic carbocycles. The van der Waals surface area contributed by atoms with Crippen LogP contribution in [0.5, 0.6) is 0 Å². The minimum Gasteiger partial charge on any atom is -0.361 e. The Bertz CT molecular complexity index is 2080. The molecule has 0 aliphatic heterocycles. The van der Waals surface area contributed by atoms with Crippen molar-refractivity contribution in [1.29, 1.82) is 0 Å². The standard InChI is InChI=1S/C21H24F3N3O2Si.C14H19BrN2O2Si/c1-14-10-18(26-11-17(14)21(22,23)24)16-12-27(13-29-8-9-30(2,3)4)20(28)15-6-5-7-25-19(15)16;1-20(2,3)8-7-19-10-17-9-12(15)13-11(14(17)18)5-4-6-16-13/h5-7,10-12H,8-9,13H2,1-4H3;4-6,9H,7-8,10H2,1-3H3. The molecule has 5 heterocycles. The Labute approximate surface area is 299 Å². The highest BCUT2D eigenvalue weighted by Gasteiger charge is 2.33. The number of rotatable bonds is 11. The summed E-state index contributed by atoms with van der Waals surface area (Å²) in [5.41, 5.74) is 0.828. The lowest BCUT2D eigenvalue weighted by Gasteiger charge is -2.17.